The number of hydrogen-bond acceptors (Lipinski definition) is 5. The average Bonchev–Trinajstić information content (AvgIpc) is 2.86. The molecule has 2 N–H and O–H groups in total. The predicted molar refractivity (Wildman–Crippen MR) is 135 cm³/mol. The molecule has 0 aliphatic carbocycles. The molecule has 2 aromatic carbocycles. The van der Waals surface area contributed by atoms with Crippen LogP contribution in [0.2, 0.25) is 0 Å². The molecule has 0 radical (unpaired) electrons. The lowest BCUT2D eigenvalue weighted by molar-refractivity contribution is -0.132. The lowest BCUT2D eigenvalue weighted by atomic mass is 9.97. The Balaban J connectivity index is 1.62. The van der Waals surface area contributed by atoms with Crippen molar-refractivity contribution >= 4 is 34.5 Å². The number of hydrogen-bond donors (Lipinski definition) is 1. The van der Waals surface area contributed by atoms with Gasteiger partial charge in [-0.2, -0.15) is 0 Å². The van der Waals surface area contributed by atoms with Crippen LogP contribution in [-0.4, -0.2) is 45.1 Å². The second-order valence-electron chi connectivity index (χ2n) is 8.69. The molecule has 0 spiro atoms. The predicted octanol–water partition coefficient (Wildman–Crippen LogP) is 3.54. The van der Waals surface area contributed by atoms with E-state index in [1.54, 1.807) is 15.5 Å². The van der Waals surface area contributed by atoms with Gasteiger partial charge in [0, 0.05) is 13.1 Å². The van der Waals surface area contributed by atoms with E-state index in [1.807, 2.05) is 42.5 Å². The third-order valence-corrected chi connectivity index (χ3v) is 7.18. The Morgan fingerprint density at radius 2 is 1.91 bits per heavy atom. The van der Waals surface area contributed by atoms with Crippen LogP contribution in [0.3, 0.4) is 0 Å². The van der Waals surface area contributed by atoms with Gasteiger partial charge in [0.2, 0.25) is 11.8 Å². The van der Waals surface area contributed by atoms with Crippen LogP contribution in [-0.2, 0) is 16.0 Å². The van der Waals surface area contributed by atoms with Crippen molar-refractivity contribution in [3.05, 3.63) is 64.4 Å². The fraction of sp³-hybridized carbons (Fsp3) is 0.385. The maximum Gasteiger partial charge on any atom is 0.266 e. The van der Waals surface area contributed by atoms with Crippen molar-refractivity contribution in [2.45, 2.75) is 44.2 Å². The van der Waals surface area contributed by atoms with E-state index < -0.39 is 0 Å². The van der Waals surface area contributed by atoms with E-state index in [9.17, 15) is 14.4 Å². The zero-order chi connectivity index (χ0) is 24.1. The summed E-state index contributed by atoms with van der Waals surface area (Å²) in [5.41, 5.74) is 7.85. The molecule has 2 heterocycles. The SMILES string of the molecule is CCCCc1ccc(-n2c(SCC(=O)N3CCCC(C(N)=O)C3)nc3ccccc3c2=O)cc1. The van der Waals surface area contributed by atoms with Crippen molar-refractivity contribution in [1.82, 2.24) is 14.5 Å². The van der Waals surface area contributed by atoms with Crippen LogP contribution < -0.4 is 11.3 Å². The smallest absolute Gasteiger partial charge is 0.266 e. The number of primary amides is 1. The van der Waals surface area contributed by atoms with Crippen LogP contribution in [0.1, 0.15) is 38.2 Å². The van der Waals surface area contributed by atoms with Gasteiger partial charge in [0.1, 0.15) is 0 Å². The molecule has 1 aromatic heterocycles. The van der Waals surface area contributed by atoms with Crippen LogP contribution in [0.15, 0.2) is 58.5 Å². The molecule has 1 atom stereocenters. The Bertz CT molecular complexity index is 1240. The first-order valence-corrected chi connectivity index (χ1v) is 12.8. The van der Waals surface area contributed by atoms with E-state index in [1.165, 1.54) is 17.3 Å². The van der Waals surface area contributed by atoms with E-state index >= 15 is 0 Å². The summed E-state index contributed by atoms with van der Waals surface area (Å²) in [5.74, 6) is -0.617. The van der Waals surface area contributed by atoms with Gasteiger partial charge in [-0.3, -0.25) is 19.0 Å². The zero-order valence-electron chi connectivity index (χ0n) is 19.4. The number of thioether (sulfide) groups is 1. The second-order valence-corrected chi connectivity index (χ2v) is 9.63. The minimum atomic E-state index is -0.363. The topological polar surface area (TPSA) is 98.3 Å². The van der Waals surface area contributed by atoms with Crippen molar-refractivity contribution in [3.63, 3.8) is 0 Å². The molecule has 4 rings (SSSR count). The van der Waals surface area contributed by atoms with Crippen molar-refractivity contribution in [2.75, 3.05) is 18.8 Å². The zero-order valence-corrected chi connectivity index (χ0v) is 20.2. The number of likely N-dealkylation sites (tertiary alicyclic amines) is 1. The van der Waals surface area contributed by atoms with E-state index in [2.05, 4.69) is 6.92 Å². The molecule has 178 valence electrons. The summed E-state index contributed by atoms with van der Waals surface area (Å²) in [5, 5.41) is 1.01. The fourth-order valence-corrected chi connectivity index (χ4v) is 5.20. The Labute approximate surface area is 203 Å². The average molecular weight is 479 g/mol. The quantitative estimate of drug-likeness (QED) is 0.394. The molecule has 34 heavy (non-hydrogen) atoms. The normalized spacial score (nSPS) is 16.0. The largest absolute Gasteiger partial charge is 0.369 e. The molecule has 3 aromatic rings. The first kappa shape index (κ1) is 24.0. The molecular weight excluding hydrogens is 448 g/mol. The number of aromatic nitrogens is 2. The molecule has 1 aliphatic rings. The van der Waals surface area contributed by atoms with Gasteiger partial charge in [-0.05, 0) is 55.5 Å². The first-order valence-electron chi connectivity index (χ1n) is 11.8. The molecule has 1 fully saturated rings. The monoisotopic (exact) mass is 478 g/mol. The highest BCUT2D eigenvalue weighted by molar-refractivity contribution is 7.99. The summed E-state index contributed by atoms with van der Waals surface area (Å²) in [4.78, 5) is 44.3. The molecule has 0 bridgehead atoms. The highest BCUT2D eigenvalue weighted by Gasteiger charge is 2.27. The fourth-order valence-electron chi connectivity index (χ4n) is 4.28. The lowest BCUT2D eigenvalue weighted by Gasteiger charge is -2.31. The molecule has 8 heteroatoms. The van der Waals surface area contributed by atoms with Crippen molar-refractivity contribution in [3.8, 4) is 5.69 Å². The van der Waals surface area contributed by atoms with Crippen molar-refractivity contribution in [2.24, 2.45) is 11.7 Å². The van der Waals surface area contributed by atoms with Gasteiger partial charge in [0.05, 0.1) is 28.3 Å². The number of carbonyl (C=O) groups is 2. The van der Waals surface area contributed by atoms with Crippen LogP contribution >= 0.6 is 11.8 Å². The van der Waals surface area contributed by atoms with Gasteiger partial charge in [0.25, 0.3) is 5.56 Å². The van der Waals surface area contributed by atoms with Crippen LogP contribution in [0.5, 0.6) is 0 Å². The summed E-state index contributed by atoms with van der Waals surface area (Å²) >= 11 is 1.24. The number of para-hydroxylation sites is 1. The maximum atomic E-state index is 13.4. The third kappa shape index (κ3) is 5.33. The minimum Gasteiger partial charge on any atom is -0.369 e. The standard InChI is InChI=1S/C26H30N4O3S/c1-2-3-7-18-11-13-20(14-12-18)30-25(33)21-9-4-5-10-22(21)28-26(30)34-17-23(31)29-15-6-8-19(16-29)24(27)32/h4-5,9-14,19H,2-3,6-8,15-17H2,1H3,(H2,27,32). The summed E-state index contributed by atoms with van der Waals surface area (Å²) in [6.45, 7) is 3.13. The third-order valence-electron chi connectivity index (χ3n) is 6.26. The number of benzene rings is 2. The van der Waals surface area contributed by atoms with Gasteiger partial charge in [-0.1, -0.05) is 49.4 Å². The van der Waals surface area contributed by atoms with Gasteiger partial charge in [0.15, 0.2) is 5.16 Å². The van der Waals surface area contributed by atoms with Crippen molar-refractivity contribution in [1.29, 1.82) is 0 Å². The van der Waals surface area contributed by atoms with Gasteiger partial charge in [-0.25, -0.2) is 4.98 Å². The number of carbonyl (C=O) groups excluding carboxylic acids is 2. The Morgan fingerprint density at radius 1 is 1.15 bits per heavy atom. The molecule has 0 saturated carbocycles. The van der Waals surface area contributed by atoms with E-state index in [0.29, 0.717) is 35.6 Å². The Hall–Kier alpha value is -3.13. The Morgan fingerprint density at radius 3 is 2.65 bits per heavy atom. The lowest BCUT2D eigenvalue weighted by Crippen LogP contribution is -2.44. The number of fused-ring (bicyclic) bond motifs is 1. The van der Waals surface area contributed by atoms with E-state index in [0.717, 1.165) is 31.4 Å². The highest BCUT2D eigenvalue weighted by Crippen LogP contribution is 2.24. The summed E-state index contributed by atoms with van der Waals surface area (Å²) in [6.07, 6.45) is 4.72. The van der Waals surface area contributed by atoms with Gasteiger partial charge in [-0.15, -0.1) is 0 Å². The molecule has 7 nitrogen and oxygen atoms in total. The molecule has 1 saturated heterocycles. The van der Waals surface area contributed by atoms with Crippen LogP contribution in [0.4, 0.5) is 0 Å². The molecule has 1 aliphatic heterocycles. The summed E-state index contributed by atoms with van der Waals surface area (Å²) in [6, 6.07) is 15.2. The number of rotatable bonds is 8. The number of nitrogens with zero attached hydrogens (tertiary/aromatic N) is 3. The van der Waals surface area contributed by atoms with Gasteiger partial charge >= 0.3 is 0 Å². The number of unbranched alkanes of at least 4 members (excludes halogenated alkanes) is 1. The number of amides is 2. The second kappa shape index (κ2) is 10.9. The molecule has 2 amide bonds. The summed E-state index contributed by atoms with van der Waals surface area (Å²) < 4.78 is 1.59. The first-order chi connectivity index (χ1) is 16.5. The highest BCUT2D eigenvalue weighted by atomic mass is 32.2. The van der Waals surface area contributed by atoms with Gasteiger partial charge < -0.3 is 10.6 Å². The number of aryl methyl sites for hydroxylation is 1. The van der Waals surface area contributed by atoms with E-state index in [4.69, 9.17) is 10.7 Å². The van der Waals surface area contributed by atoms with Crippen LogP contribution in [0.25, 0.3) is 16.6 Å². The maximum absolute atomic E-state index is 13.4. The Kier molecular flexibility index (Phi) is 7.67. The number of nitrogens with two attached hydrogens (primary N) is 1. The summed E-state index contributed by atoms with van der Waals surface area (Å²) in [7, 11) is 0. The molecule has 1 unspecified atom stereocenters. The van der Waals surface area contributed by atoms with E-state index in [-0.39, 0.29) is 29.0 Å². The number of piperidine rings is 1. The van der Waals surface area contributed by atoms with Crippen molar-refractivity contribution < 1.29 is 9.59 Å². The molecular formula is C26H30N4O3S. The minimum absolute atomic E-state index is 0.0835. The van der Waals surface area contributed by atoms with Crippen LogP contribution in [0, 0.1) is 5.92 Å².